The standard InChI is InChI=1S/C17H29NO3Si/c1-4-19-17(15-9-11-16(18)12-10-15)13-7-8-14-22(17,20-5-2)21-6-3/h9-12H,4-8,13-14,18H2,1-3H3. The Hall–Kier alpha value is -0.883. The minimum Gasteiger partial charge on any atom is -0.399 e. The lowest BCUT2D eigenvalue weighted by Crippen LogP contribution is -2.63. The van der Waals surface area contributed by atoms with Gasteiger partial charge in [0, 0.05) is 25.5 Å². The van der Waals surface area contributed by atoms with E-state index in [1.54, 1.807) is 0 Å². The molecule has 0 aromatic heterocycles. The first kappa shape index (κ1) is 17.5. The third-order valence-electron chi connectivity index (χ3n) is 4.42. The number of anilines is 1. The van der Waals surface area contributed by atoms with Gasteiger partial charge in [0.15, 0.2) is 0 Å². The largest absolute Gasteiger partial charge is 0.399 e. The summed E-state index contributed by atoms with van der Waals surface area (Å²) in [6.45, 7) is 8.11. The summed E-state index contributed by atoms with van der Waals surface area (Å²) in [5.74, 6) is 0. The Morgan fingerprint density at radius 3 is 2.18 bits per heavy atom. The van der Waals surface area contributed by atoms with Crippen LogP contribution < -0.4 is 5.73 Å². The molecule has 124 valence electrons. The van der Waals surface area contributed by atoms with E-state index in [0.29, 0.717) is 19.8 Å². The van der Waals surface area contributed by atoms with E-state index < -0.39 is 13.8 Å². The van der Waals surface area contributed by atoms with Crippen LogP contribution in [0.1, 0.15) is 45.6 Å². The first-order valence-corrected chi connectivity index (χ1v) is 10.4. The fourth-order valence-corrected chi connectivity index (χ4v) is 8.06. The highest BCUT2D eigenvalue weighted by Gasteiger charge is 2.61. The van der Waals surface area contributed by atoms with Crippen molar-refractivity contribution in [1.82, 2.24) is 0 Å². The second kappa shape index (κ2) is 7.59. The number of ether oxygens (including phenoxy) is 1. The topological polar surface area (TPSA) is 53.7 Å². The highest BCUT2D eigenvalue weighted by molar-refractivity contribution is 6.70. The van der Waals surface area contributed by atoms with Gasteiger partial charge in [0.1, 0.15) is 5.22 Å². The normalized spacial score (nSPS) is 24.3. The van der Waals surface area contributed by atoms with Crippen LogP contribution in [0.5, 0.6) is 0 Å². The van der Waals surface area contributed by atoms with Crippen molar-refractivity contribution in [3.63, 3.8) is 0 Å². The highest BCUT2D eigenvalue weighted by Crippen LogP contribution is 2.47. The van der Waals surface area contributed by atoms with Crippen molar-refractivity contribution in [1.29, 1.82) is 0 Å². The first-order chi connectivity index (χ1) is 10.6. The molecule has 1 aliphatic rings. The quantitative estimate of drug-likeness (QED) is 0.613. The molecule has 0 aliphatic carbocycles. The molecule has 1 saturated heterocycles. The zero-order valence-electron chi connectivity index (χ0n) is 14.1. The minimum absolute atomic E-state index is 0.431. The van der Waals surface area contributed by atoms with Gasteiger partial charge in [0.2, 0.25) is 0 Å². The van der Waals surface area contributed by atoms with E-state index in [4.69, 9.17) is 19.3 Å². The summed E-state index contributed by atoms with van der Waals surface area (Å²) < 4.78 is 19.0. The van der Waals surface area contributed by atoms with Crippen LogP contribution in [0, 0.1) is 0 Å². The summed E-state index contributed by atoms with van der Waals surface area (Å²) in [4.78, 5) is 0. The van der Waals surface area contributed by atoms with E-state index in [1.165, 1.54) is 0 Å². The van der Waals surface area contributed by atoms with Gasteiger partial charge in [-0.1, -0.05) is 25.0 Å². The highest BCUT2D eigenvalue weighted by atomic mass is 28.4. The zero-order valence-corrected chi connectivity index (χ0v) is 15.1. The number of nitrogens with two attached hydrogens (primary N) is 1. The Bertz CT molecular complexity index is 450. The summed E-state index contributed by atoms with van der Waals surface area (Å²) in [5, 5.41) is -0.431. The molecule has 0 spiro atoms. The molecule has 0 amide bonds. The second-order valence-electron chi connectivity index (χ2n) is 5.71. The fraction of sp³-hybridized carbons (Fsp3) is 0.647. The van der Waals surface area contributed by atoms with E-state index in [-0.39, 0.29) is 0 Å². The van der Waals surface area contributed by atoms with Gasteiger partial charge >= 0.3 is 8.56 Å². The summed E-state index contributed by atoms with van der Waals surface area (Å²) >= 11 is 0. The molecule has 5 heteroatoms. The monoisotopic (exact) mass is 323 g/mol. The van der Waals surface area contributed by atoms with E-state index in [0.717, 1.165) is 36.6 Å². The number of hydrogen-bond acceptors (Lipinski definition) is 4. The number of rotatable bonds is 7. The maximum absolute atomic E-state index is 6.39. The fourth-order valence-electron chi connectivity index (χ4n) is 3.64. The summed E-state index contributed by atoms with van der Waals surface area (Å²) in [6, 6.07) is 9.04. The molecule has 1 heterocycles. The lowest BCUT2D eigenvalue weighted by molar-refractivity contribution is -0.0447. The van der Waals surface area contributed by atoms with Crippen molar-refractivity contribution in [2.45, 2.75) is 51.3 Å². The number of nitrogen functional groups attached to an aromatic ring is 1. The molecule has 1 aromatic rings. The van der Waals surface area contributed by atoms with Crippen molar-refractivity contribution >= 4 is 14.2 Å². The molecule has 1 unspecified atom stereocenters. The predicted octanol–water partition coefficient (Wildman–Crippen LogP) is 3.74. The van der Waals surface area contributed by atoms with Crippen molar-refractivity contribution in [2.24, 2.45) is 0 Å². The predicted molar refractivity (Wildman–Crippen MR) is 91.8 cm³/mol. The van der Waals surface area contributed by atoms with E-state index in [2.05, 4.69) is 12.1 Å². The molecule has 0 bridgehead atoms. The van der Waals surface area contributed by atoms with Crippen molar-refractivity contribution in [3.8, 4) is 0 Å². The van der Waals surface area contributed by atoms with Gasteiger partial charge in [0.05, 0.1) is 0 Å². The molecule has 1 fully saturated rings. The van der Waals surface area contributed by atoms with Crippen LogP contribution in [-0.2, 0) is 18.8 Å². The van der Waals surface area contributed by atoms with Crippen molar-refractivity contribution < 1.29 is 13.6 Å². The van der Waals surface area contributed by atoms with Crippen LogP contribution in [0.25, 0.3) is 0 Å². The second-order valence-corrected chi connectivity index (χ2v) is 9.10. The van der Waals surface area contributed by atoms with Gasteiger partial charge in [-0.15, -0.1) is 0 Å². The van der Waals surface area contributed by atoms with E-state index in [1.807, 2.05) is 32.9 Å². The summed E-state index contributed by atoms with van der Waals surface area (Å²) in [6.07, 6.45) is 3.24. The smallest absolute Gasteiger partial charge is 0.376 e. The minimum atomic E-state index is -2.50. The van der Waals surface area contributed by atoms with Crippen LogP contribution in [0.4, 0.5) is 5.69 Å². The Balaban J connectivity index is 2.53. The van der Waals surface area contributed by atoms with Gasteiger partial charge in [-0.05, 0) is 50.9 Å². The lowest BCUT2D eigenvalue weighted by atomic mass is 10.0. The Morgan fingerprint density at radius 2 is 1.64 bits per heavy atom. The molecule has 2 N–H and O–H groups in total. The van der Waals surface area contributed by atoms with Gasteiger partial charge < -0.3 is 19.3 Å². The molecule has 22 heavy (non-hydrogen) atoms. The SMILES string of the molecule is CCOC1(c2ccc(N)cc2)CCCC[Si]1(OCC)OCC. The van der Waals surface area contributed by atoms with Gasteiger partial charge in [-0.25, -0.2) is 0 Å². The van der Waals surface area contributed by atoms with Gasteiger partial charge in [-0.2, -0.15) is 0 Å². The van der Waals surface area contributed by atoms with E-state index in [9.17, 15) is 0 Å². The molecule has 0 radical (unpaired) electrons. The zero-order chi connectivity index (χ0) is 16.1. The average Bonchev–Trinajstić information content (AvgIpc) is 2.51. The van der Waals surface area contributed by atoms with Crippen LogP contribution in [-0.4, -0.2) is 28.4 Å². The van der Waals surface area contributed by atoms with Crippen LogP contribution >= 0.6 is 0 Å². The van der Waals surface area contributed by atoms with Crippen LogP contribution in [0.2, 0.25) is 6.04 Å². The third kappa shape index (κ3) is 3.08. The maximum atomic E-state index is 6.39. The number of hydrogen-bond donors (Lipinski definition) is 1. The molecule has 1 aromatic carbocycles. The molecule has 1 aliphatic heterocycles. The third-order valence-corrected chi connectivity index (χ3v) is 8.86. The van der Waals surface area contributed by atoms with E-state index >= 15 is 0 Å². The van der Waals surface area contributed by atoms with Crippen LogP contribution in [0.15, 0.2) is 24.3 Å². The maximum Gasteiger partial charge on any atom is 0.376 e. The molecule has 0 saturated carbocycles. The van der Waals surface area contributed by atoms with Crippen molar-refractivity contribution in [3.05, 3.63) is 29.8 Å². The molecule has 1 atom stereocenters. The molecular formula is C17H29NO3Si. The molecule has 4 nitrogen and oxygen atoms in total. The first-order valence-electron chi connectivity index (χ1n) is 8.42. The Labute approximate surface area is 135 Å². The van der Waals surface area contributed by atoms with Crippen molar-refractivity contribution in [2.75, 3.05) is 25.6 Å². The molecule has 2 rings (SSSR count). The van der Waals surface area contributed by atoms with Gasteiger partial charge in [0.25, 0.3) is 0 Å². The number of benzene rings is 1. The van der Waals surface area contributed by atoms with Crippen LogP contribution in [0.3, 0.4) is 0 Å². The Kier molecular flexibility index (Phi) is 6.03. The van der Waals surface area contributed by atoms with Gasteiger partial charge in [-0.3, -0.25) is 0 Å². The lowest BCUT2D eigenvalue weighted by Gasteiger charge is -2.49. The average molecular weight is 324 g/mol. The summed E-state index contributed by atoms with van der Waals surface area (Å²) in [5.41, 5.74) is 7.79. The Morgan fingerprint density at radius 1 is 1.00 bits per heavy atom. The summed E-state index contributed by atoms with van der Waals surface area (Å²) in [7, 11) is -2.50. The molecular weight excluding hydrogens is 294 g/mol.